The Morgan fingerprint density at radius 3 is 2.67 bits per heavy atom. The van der Waals surface area contributed by atoms with Gasteiger partial charge in [0.1, 0.15) is 0 Å². The predicted octanol–water partition coefficient (Wildman–Crippen LogP) is 2.89. The van der Waals surface area contributed by atoms with Crippen molar-refractivity contribution in [2.45, 2.75) is 57.6 Å². The molecule has 0 aromatic rings. The topological polar surface area (TPSA) is 21.3 Å². The van der Waals surface area contributed by atoms with Gasteiger partial charge in [-0.2, -0.15) is 0 Å². The molecule has 0 aromatic carbocycles. The Labute approximate surface area is 94.1 Å². The molecule has 1 saturated carbocycles. The molecule has 1 N–H and O–H groups in total. The molecule has 0 spiro atoms. The van der Waals surface area contributed by atoms with Crippen LogP contribution >= 0.6 is 0 Å². The molecule has 88 valence electrons. The van der Waals surface area contributed by atoms with Crippen molar-refractivity contribution in [1.29, 1.82) is 0 Å². The van der Waals surface area contributed by atoms with Crippen LogP contribution in [0.25, 0.3) is 0 Å². The van der Waals surface area contributed by atoms with Crippen molar-refractivity contribution >= 4 is 0 Å². The summed E-state index contributed by atoms with van der Waals surface area (Å²) in [6, 6.07) is 0.739. The first-order valence-corrected chi connectivity index (χ1v) is 6.32. The molecule has 0 bridgehead atoms. The molecule has 15 heavy (non-hydrogen) atoms. The van der Waals surface area contributed by atoms with Crippen LogP contribution in [0.4, 0.5) is 0 Å². The third-order valence-electron chi connectivity index (χ3n) is 3.07. The zero-order valence-electron chi connectivity index (χ0n) is 10.0. The lowest BCUT2D eigenvalue weighted by Crippen LogP contribution is -2.35. The van der Waals surface area contributed by atoms with Crippen LogP contribution in [0.5, 0.6) is 0 Å². The van der Waals surface area contributed by atoms with Crippen molar-refractivity contribution in [3.63, 3.8) is 0 Å². The molecule has 0 atom stereocenters. The largest absolute Gasteiger partial charge is 0.378 e. The van der Waals surface area contributed by atoms with Gasteiger partial charge < -0.3 is 10.1 Å². The molecule has 2 nitrogen and oxygen atoms in total. The molecule has 1 rings (SSSR count). The third-order valence-corrected chi connectivity index (χ3v) is 3.07. The maximum absolute atomic E-state index is 5.84. The van der Waals surface area contributed by atoms with Crippen LogP contribution in [0.2, 0.25) is 0 Å². The smallest absolute Gasteiger partial charge is 0.0576 e. The number of hydrogen-bond donors (Lipinski definition) is 1. The number of ether oxygens (including phenoxy) is 1. The fourth-order valence-electron chi connectivity index (χ4n) is 2.20. The van der Waals surface area contributed by atoms with Crippen molar-refractivity contribution in [1.82, 2.24) is 5.32 Å². The summed E-state index contributed by atoms with van der Waals surface area (Å²) >= 11 is 0. The zero-order chi connectivity index (χ0) is 10.9. The van der Waals surface area contributed by atoms with E-state index in [1.54, 1.807) is 0 Å². The van der Waals surface area contributed by atoms with E-state index in [9.17, 15) is 0 Å². The van der Waals surface area contributed by atoms with Gasteiger partial charge in [0.25, 0.3) is 0 Å². The third kappa shape index (κ3) is 5.33. The Hall–Kier alpha value is -0.340. The Morgan fingerprint density at radius 1 is 1.33 bits per heavy atom. The highest BCUT2D eigenvalue weighted by molar-refractivity contribution is 4.77. The van der Waals surface area contributed by atoms with E-state index >= 15 is 0 Å². The highest BCUT2D eigenvalue weighted by Gasteiger charge is 2.20. The van der Waals surface area contributed by atoms with Crippen molar-refractivity contribution < 1.29 is 4.74 Å². The SMILES string of the molecule is C=CCCCOC1CCC(NCC)CC1. The molecular weight excluding hydrogens is 186 g/mol. The Balaban J connectivity index is 2.01. The molecule has 1 aliphatic carbocycles. The summed E-state index contributed by atoms with van der Waals surface area (Å²) in [7, 11) is 0. The molecule has 0 heterocycles. The number of hydrogen-bond acceptors (Lipinski definition) is 2. The summed E-state index contributed by atoms with van der Waals surface area (Å²) in [5.74, 6) is 0. The minimum absolute atomic E-state index is 0.518. The molecule has 1 fully saturated rings. The van der Waals surface area contributed by atoms with E-state index in [0.29, 0.717) is 6.10 Å². The quantitative estimate of drug-likeness (QED) is 0.516. The summed E-state index contributed by atoms with van der Waals surface area (Å²) < 4.78 is 5.84. The van der Waals surface area contributed by atoms with Gasteiger partial charge in [-0.3, -0.25) is 0 Å². The summed E-state index contributed by atoms with van der Waals surface area (Å²) in [5, 5.41) is 3.51. The van der Waals surface area contributed by atoms with Gasteiger partial charge in [0, 0.05) is 12.6 Å². The van der Waals surface area contributed by atoms with Gasteiger partial charge in [-0.05, 0) is 45.1 Å². The van der Waals surface area contributed by atoms with Gasteiger partial charge in [-0.15, -0.1) is 6.58 Å². The van der Waals surface area contributed by atoms with E-state index < -0.39 is 0 Å². The maximum Gasteiger partial charge on any atom is 0.0576 e. The number of nitrogens with one attached hydrogen (secondary N) is 1. The molecule has 0 aromatic heterocycles. The van der Waals surface area contributed by atoms with E-state index in [4.69, 9.17) is 4.74 Å². The predicted molar refractivity (Wildman–Crippen MR) is 65.1 cm³/mol. The van der Waals surface area contributed by atoms with E-state index in [0.717, 1.165) is 32.0 Å². The summed E-state index contributed by atoms with van der Waals surface area (Å²) in [6.07, 6.45) is 9.69. The van der Waals surface area contributed by atoms with E-state index in [2.05, 4.69) is 18.8 Å². The normalized spacial score (nSPS) is 26.5. The number of unbranched alkanes of at least 4 members (excludes halogenated alkanes) is 1. The first-order valence-electron chi connectivity index (χ1n) is 6.32. The minimum atomic E-state index is 0.518. The van der Waals surface area contributed by atoms with Crippen LogP contribution in [-0.4, -0.2) is 25.3 Å². The average Bonchev–Trinajstić information content (AvgIpc) is 2.27. The highest BCUT2D eigenvalue weighted by atomic mass is 16.5. The fraction of sp³-hybridized carbons (Fsp3) is 0.846. The van der Waals surface area contributed by atoms with Gasteiger partial charge in [0.15, 0.2) is 0 Å². The van der Waals surface area contributed by atoms with Gasteiger partial charge in [-0.1, -0.05) is 13.0 Å². The zero-order valence-corrected chi connectivity index (χ0v) is 10.0. The van der Waals surface area contributed by atoms with Gasteiger partial charge >= 0.3 is 0 Å². The standard InChI is InChI=1S/C13H25NO/c1-3-5-6-11-15-13-9-7-12(8-10-13)14-4-2/h3,12-14H,1,4-11H2,2H3. The fourth-order valence-corrected chi connectivity index (χ4v) is 2.20. The van der Waals surface area contributed by atoms with E-state index in [1.807, 2.05) is 6.08 Å². The molecule has 1 aliphatic rings. The molecular formula is C13H25NO. The van der Waals surface area contributed by atoms with Crippen LogP contribution in [0, 0.1) is 0 Å². The second kappa shape index (κ2) is 7.89. The summed E-state index contributed by atoms with van der Waals surface area (Å²) in [5.41, 5.74) is 0. The Bertz CT molecular complexity index is 162. The van der Waals surface area contributed by atoms with Crippen molar-refractivity contribution in [2.75, 3.05) is 13.2 Å². The average molecular weight is 211 g/mol. The Kier molecular flexibility index (Phi) is 6.69. The first kappa shape index (κ1) is 12.7. The van der Waals surface area contributed by atoms with Crippen molar-refractivity contribution in [2.24, 2.45) is 0 Å². The van der Waals surface area contributed by atoms with Crippen LogP contribution in [0.15, 0.2) is 12.7 Å². The van der Waals surface area contributed by atoms with Gasteiger partial charge in [-0.25, -0.2) is 0 Å². The summed E-state index contributed by atoms with van der Waals surface area (Å²) in [6.45, 7) is 7.89. The molecule has 2 heteroatoms. The molecule has 0 saturated heterocycles. The number of allylic oxidation sites excluding steroid dienone is 1. The van der Waals surface area contributed by atoms with Gasteiger partial charge in [0.2, 0.25) is 0 Å². The maximum atomic E-state index is 5.84. The summed E-state index contributed by atoms with van der Waals surface area (Å²) in [4.78, 5) is 0. The second-order valence-electron chi connectivity index (χ2n) is 4.33. The van der Waals surface area contributed by atoms with Crippen LogP contribution in [-0.2, 0) is 4.74 Å². The van der Waals surface area contributed by atoms with E-state index in [-0.39, 0.29) is 0 Å². The van der Waals surface area contributed by atoms with Crippen molar-refractivity contribution in [3.8, 4) is 0 Å². The molecule has 0 aliphatic heterocycles. The van der Waals surface area contributed by atoms with Crippen LogP contribution in [0.3, 0.4) is 0 Å². The monoisotopic (exact) mass is 211 g/mol. The second-order valence-corrected chi connectivity index (χ2v) is 4.33. The first-order chi connectivity index (χ1) is 7.36. The molecule has 0 amide bonds. The lowest BCUT2D eigenvalue weighted by Gasteiger charge is -2.28. The Morgan fingerprint density at radius 2 is 2.07 bits per heavy atom. The lowest BCUT2D eigenvalue weighted by molar-refractivity contribution is 0.0218. The number of rotatable bonds is 7. The van der Waals surface area contributed by atoms with Crippen LogP contribution < -0.4 is 5.32 Å². The molecule has 0 unspecified atom stereocenters. The van der Waals surface area contributed by atoms with Crippen LogP contribution in [0.1, 0.15) is 45.4 Å². The minimum Gasteiger partial charge on any atom is -0.378 e. The highest BCUT2D eigenvalue weighted by Crippen LogP contribution is 2.21. The lowest BCUT2D eigenvalue weighted by atomic mass is 9.93. The molecule has 0 radical (unpaired) electrons. The van der Waals surface area contributed by atoms with E-state index in [1.165, 1.54) is 25.7 Å². The van der Waals surface area contributed by atoms with Gasteiger partial charge in [0.05, 0.1) is 6.10 Å². The van der Waals surface area contributed by atoms with Crippen molar-refractivity contribution in [3.05, 3.63) is 12.7 Å².